The fraction of sp³-hybridized carbons (Fsp3) is 0.323. The van der Waals surface area contributed by atoms with Crippen molar-refractivity contribution < 1.29 is 17.7 Å². The van der Waals surface area contributed by atoms with Crippen LogP contribution in [0.4, 0.5) is 13.2 Å². The van der Waals surface area contributed by atoms with E-state index >= 15 is 0 Å². The molecule has 3 aromatic carbocycles. The standard InChI is InChI=1S/C31H30F3N2/c1-16-13-17(2)27-24(18(16)3)29-26-20(22(15-35(29)7)31(32,33)34)11-12-21-25-19(14-30(4,5)6)9-8-10-23(25)36(27)28(21)26/h8-13,15H,14H2,1-7H3/q+1. The number of aromatic nitrogens is 2. The van der Waals surface area contributed by atoms with Crippen molar-refractivity contribution in [3.63, 3.8) is 0 Å². The number of benzene rings is 3. The molecule has 6 aromatic rings. The molecular formula is C31H30F3N2+. The smallest absolute Gasteiger partial charge is 0.307 e. The van der Waals surface area contributed by atoms with Crippen LogP contribution in [0.3, 0.4) is 0 Å². The van der Waals surface area contributed by atoms with Gasteiger partial charge in [-0.05, 0) is 60.9 Å². The molecule has 6 rings (SSSR count). The molecule has 0 N–H and O–H groups in total. The van der Waals surface area contributed by atoms with Gasteiger partial charge in [0.1, 0.15) is 12.6 Å². The Balaban J connectivity index is 2.02. The van der Waals surface area contributed by atoms with Crippen molar-refractivity contribution in [1.82, 2.24) is 4.40 Å². The van der Waals surface area contributed by atoms with E-state index < -0.39 is 11.7 Å². The van der Waals surface area contributed by atoms with E-state index in [1.807, 2.05) is 6.07 Å². The van der Waals surface area contributed by atoms with E-state index in [1.54, 1.807) is 17.7 Å². The lowest BCUT2D eigenvalue weighted by molar-refractivity contribution is -0.644. The summed E-state index contributed by atoms with van der Waals surface area (Å²) in [5.41, 5.74) is 7.92. The molecule has 0 aliphatic carbocycles. The largest absolute Gasteiger partial charge is 0.422 e. The number of nitrogens with zero attached hydrogens (tertiary/aromatic N) is 2. The van der Waals surface area contributed by atoms with Gasteiger partial charge in [0.05, 0.1) is 27.3 Å². The molecule has 0 spiro atoms. The van der Waals surface area contributed by atoms with Gasteiger partial charge in [-0.15, -0.1) is 0 Å². The lowest BCUT2D eigenvalue weighted by Crippen LogP contribution is -2.32. The van der Waals surface area contributed by atoms with Crippen LogP contribution in [0, 0.1) is 26.2 Å². The number of alkyl halides is 3. The zero-order valence-electron chi connectivity index (χ0n) is 21.8. The van der Waals surface area contributed by atoms with Crippen LogP contribution in [0.5, 0.6) is 0 Å². The predicted octanol–water partition coefficient (Wildman–Crippen LogP) is 8.35. The Morgan fingerprint density at radius 1 is 0.833 bits per heavy atom. The Kier molecular flexibility index (Phi) is 4.56. The summed E-state index contributed by atoms with van der Waals surface area (Å²) in [7, 11) is 1.74. The highest BCUT2D eigenvalue weighted by molar-refractivity contribution is 6.28. The first-order valence-corrected chi connectivity index (χ1v) is 12.4. The van der Waals surface area contributed by atoms with Crippen LogP contribution < -0.4 is 4.57 Å². The third kappa shape index (κ3) is 3.01. The lowest BCUT2D eigenvalue weighted by atomic mass is 9.86. The zero-order chi connectivity index (χ0) is 25.9. The number of hydrogen-bond acceptors (Lipinski definition) is 0. The van der Waals surface area contributed by atoms with Gasteiger partial charge in [-0.25, -0.2) is 0 Å². The van der Waals surface area contributed by atoms with Gasteiger partial charge in [0.15, 0.2) is 6.20 Å². The quantitative estimate of drug-likeness (QED) is 0.125. The molecule has 0 aliphatic rings. The molecule has 0 atom stereocenters. The molecule has 5 heteroatoms. The number of hydrogen-bond donors (Lipinski definition) is 0. The summed E-state index contributed by atoms with van der Waals surface area (Å²) in [6.45, 7) is 12.9. The molecular weight excluding hydrogens is 457 g/mol. The summed E-state index contributed by atoms with van der Waals surface area (Å²) >= 11 is 0. The lowest BCUT2D eigenvalue weighted by Gasteiger charge is -2.19. The van der Waals surface area contributed by atoms with Gasteiger partial charge in [-0.1, -0.05) is 51.1 Å². The molecule has 0 saturated carbocycles. The van der Waals surface area contributed by atoms with Gasteiger partial charge in [0, 0.05) is 16.2 Å². The van der Waals surface area contributed by atoms with E-state index in [-0.39, 0.29) is 10.8 Å². The maximum absolute atomic E-state index is 14.3. The van der Waals surface area contributed by atoms with Crippen molar-refractivity contribution in [3.05, 3.63) is 70.4 Å². The molecule has 0 saturated heterocycles. The van der Waals surface area contributed by atoms with Gasteiger partial charge < -0.3 is 4.40 Å². The highest BCUT2D eigenvalue weighted by Gasteiger charge is 2.38. The molecule has 0 fully saturated rings. The Bertz CT molecular complexity index is 1860. The second kappa shape index (κ2) is 7.12. The minimum atomic E-state index is -4.45. The molecule has 0 amide bonds. The minimum absolute atomic E-state index is 0.0717. The summed E-state index contributed by atoms with van der Waals surface area (Å²) < 4.78 is 46.8. The van der Waals surface area contributed by atoms with Crippen LogP contribution in [0.2, 0.25) is 0 Å². The van der Waals surface area contributed by atoms with Crippen molar-refractivity contribution in [3.8, 4) is 0 Å². The molecule has 3 aromatic heterocycles. The number of pyridine rings is 2. The number of halogens is 3. The monoisotopic (exact) mass is 487 g/mol. The first-order valence-electron chi connectivity index (χ1n) is 12.4. The maximum Gasteiger partial charge on any atom is 0.422 e. The van der Waals surface area contributed by atoms with Crippen LogP contribution in [0.15, 0.2) is 42.6 Å². The SMILES string of the molecule is Cc1cc(C)c2c(c1C)c1c3c(ccc4c5c(CC(C)(C)C)cccc5n2c43)c(C(F)(F)F)c[n+]1C. The fourth-order valence-electron chi connectivity index (χ4n) is 6.33. The maximum atomic E-state index is 14.3. The predicted molar refractivity (Wildman–Crippen MR) is 142 cm³/mol. The fourth-order valence-corrected chi connectivity index (χ4v) is 6.33. The second-order valence-corrected chi connectivity index (χ2v) is 11.6. The van der Waals surface area contributed by atoms with Crippen molar-refractivity contribution in [2.75, 3.05) is 0 Å². The number of aryl methyl sites for hydroxylation is 4. The van der Waals surface area contributed by atoms with E-state index in [0.717, 1.165) is 61.3 Å². The van der Waals surface area contributed by atoms with Gasteiger partial charge in [0.2, 0.25) is 5.52 Å². The van der Waals surface area contributed by atoms with Crippen LogP contribution >= 0.6 is 0 Å². The molecule has 36 heavy (non-hydrogen) atoms. The Morgan fingerprint density at radius 2 is 1.53 bits per heavy atom. The average molecular weight is 488 g/mol. The highest BCUT2D eigenvalue weighted by atomic mass is 19.4. The average Bonchev–Trinajstić information content (AvgIpc) is 3.11. The van der Waals surface area contributed by atoms with Crippen molar-refractivity contribution in [2.45, 2.75) is 54.1 Å². The molecule has 0 radical (unpaired) electrons. The first kappa shape index (κ1) is 23.1. The van der Waals surface area contributed by atoms with E-state index in [0.29, 0.717) is 5.39 Å². The molecule has 0 bridgehead atoms. The van der Waals surface area contributed by atoms with Gasteiger partial charge in [0.25, 0.3) is 0 Å². The Labute approximate surface area is 208 Å². The number of fused-ring (bicyclic) bond motifs is 6. The van der Waals surface area contributed by atoms with Gasteiger partial charge in [-0.2, -0.15) is 17.7 Å². The molecule has 3 heterocycles. The normalized spacial score (nSPS) is 13.4. The summed E-state index contributed by atoms with van der Waals surface area (Å²) in [6.07, 6.45) is -2.31. The van der Waals surface area contributed by atoms with E-state index in [9.17, 15) is 13.2 Å². The third-order valence-corrected chi connectivity index (χ3v) is 7.74. The van der Waals surface area contributed by atoms with Crippen LogP contribution in [-0.2, 0) is 19.6 Å². The van der Waals surface area contributed by atoms with Crippen LogP contribution in [0.1, 0.15) is 48.6 Å². The van der Waals surface area contributed by atoms with E-state index in [2.05, 4.69) is 70.2 Å². The van der Waals surface area contributed by atoms with Gasteiger partial charge >= 0.3 is 6.18 Å². The molecule has 0 aliphatic heterocycles. The van der Waals surface area contributed by atoms with Crippen LogP contribution in [0.25, 0.3) is 49.0 Å². The van der Waals surface area contributed by atoms with E-state index in [1.165, 1.54) is 11.8 Å². The third-order valence-electron chi connectivity index (χ3n) is 7.74. The van der Waals surface area contributed by atoms with E-state index in [4.69, 9.17) is 0 Å². The summed E-state index contributed by atoms with van der Waals surface area (Å²) in [5, 5.41) is 4.12. The van der Waals surface area contributed by atoms with Crippen molar-refractivity contribution >= 4 is 49.0 Å². The highest BCUT2D eigenvalue weighted by Crippen LogP contribution is 2.46. The summed E-state index contributed by atoms with van der Waals surface area (Å²) in [6, 6.07) is 12.2. The van der Waals surface area contributed by atoms with Gasteiger partial charge in [-0.3, -0.25) is 0 Å². The molecule has 2 nitrogen and oxygen atoms in total. The van der Waals surface area contributed by atoms with Crippen molar-refractivity contribution in [2.24, 2.45) is 12.5 Å². The summed E-state index contributed by atoms with van der Waals surface area (Å²) in [4.78, 5) is 0. The minimum Gasteiger partial charge on any atom is -0.307 e. The first-order chi connectivity index (χ1) is 16.8. The summed E-state index contributed by atoms with van der Waals surface area (Å²) in [5.74, 6) is 0. The molecule has 184 valence electrons. The Morgan fingerprint density at radius 3 is 2.19 bits per heavy atom. The topological polar surface area (TPSA) is 8.29 Å². The molecule has 0 unspecified atom stereocenters. The second-order valence-electron chi connectivity index (χ2n) is 11.6. The van der Waals surface area contributed by atoms with Crippen LogP contribution in [-0.4, -0.2) is 4.40 Å². The Hall–Kier alpha value is -3.34. The van der Waals surface area contributed by atoms with Crippen molar-refractivity contribution in [1.29, 1.82) is 0 Å². The zero-order valence-corrected chi connectivity index (χ0v) is 21.8. The number of rotatable bonds is 1.